The smallest absolute Gasteiger partial charge is 0.211 e. The molecule has 4 aromatic rings. The van der Waals surface area contributed by atoms with Crippen LogP contribution in [0.3, 0.4) is 0 Å². The number of ether oxygens (including phenoxy) is 1. The van der Waals surface area contributed by atoms with Gasteiger partial charge in [-0.2, -0.15) is 0 Å². The van der Waals surface area contributed by atoms with Crippen molar-refractivity contribution in [2.45, 2.75) is 16.7 Å². The van der Waals surface area contributed by atoms with E-state index in [0.29, 0.717) is 11.3 Å². The zero-order valence-corrected chi connectivity index (χ0v) is 19.7. The van der Waals surface area contributed by atoms with E-state index in [1.807, 2.05) is 31.2 Å². The van der Waals surface area contributed by atoms with Crippen molar-refractivity contribution in [2.24, 2.45) is 0 Å². The van der Waals surface area contributed by atoms with Gasteiger partial charge in [-0.25, -0.2) is 8.42 Å². The number of thiophene rings is 1. The minimum Gasteiger partial charge on any atom is -0.497 e. The monoisotopic (exact) mass is 478 g/mol. The van der Waals surface area contributed by atoms with Crippen LogP contribution in [-0.4, -0.2) is 21.3 Å². The molecule has 33 heavy (non-hydrogen) atoms. The van der Waals surface area contributed by atoms with E-state index in [1.165, 1.54) is 19.2 Å². The molecule has 4 rings (SSSR count). The molecule has 0 spiro atoms. The summed E-state index contributed by atoms with van der Waals surface area (Å²) in [5.74, 6) is 0.144. The van der Waals surface area contributed by atoms with E-state index in [0.717, 1.165) is 22.6 Å². The van der Waals surface area contributed by atoms with Crippen molar-refractivity contribution in [3.8, 4) is 5.75 Å². The summed E-state index contributed by atoms with van der Waals surface area (Å²) in [6.07, 6.45) is 0. The largest absolute Gasteiger partial charge is 0.497 e. The van der Waals surface area contributed by atoms with Crippen LogP contribution in [0.1, 0.15) is 20.8 Å². The first kappa shape index (κ1) is 22.6. The van der Waals surface area contributed by atoms with Gasteiger partial charge >= 0.3 is 0 Å². The number of nitrogens with one attached hydrogen (secondary N) is 1. The Labute approximate surface area is 196 Å². The molecule has 8 heteroatoms. The summed E-state index contributed by atoms with van der Waals surface area (Å²) in [6, 6.07) is 22.2. The number of rotatable bonds is 7. The van der Waals surface area contributed by atoms with E-state index in [9.17, 15) is 13.2 Å². The average Bonchev–Trinajstić information content (AvgIpc) is 3.17. The summed E-state index contributed by atoms with van der Waals surface area (Å²) in [7, 11) is -2.48. The number of methoxy groups -OCH3 is 1. The molecule has 0 aliphatic carbocycles. The Bertz CT molecular complexity index is 1430. The highest BCUT2D eigenvalue weighted by atomic mass is 32.2. The van der Waals surface area contributed by atoms with E-state index in [4.69, 9.17) is 10.5 Å². The molecule has 0 bridgehead atoms. The first-order chi connectivity index (χ1) is 15.8. The molecular weight excluding hydrogens is 456 g/mol. The second-order valence-corrected chi connectivity index (χ2v) is 10.2. The van der Waals surface area contributed by atoms with E-state index >= 15 is 0 Å². The van der Waals surface area contributed by atoms with Crippen molar-refractivity contribution in [3.05, 3.63) is 94.9 Å². The summed E-state index contributed by atoms with van der Waals surface area (Å²) < 4.78 is 32.4. The molecule has 0 saturated heterocycles. The van der Waals surface area contributed by atoms with Crippen LogP contribution in [0.25, 0.3) is 0 Å². The summed E-state index contributed by atoms with van der Waals surface area (Å²) in [5, 5.41) is 3.48. The van der Waals surface area contributed by atoms with Crippen molar-refractivity contribution in [2.75, 3.05) is 18.2 Å². The van der Waals surface area contributed by atoms with Crippen LogP contribution in [0.15, 0.2) is 88.7 Å². The average molecular weight is 479 g/mol. The second kappa shape index (κ2) is 9.09. The normalized spacial score (nSPS) is 11.2. The maximum Gasteiger partial charge on any atom is 0.211 e. The first-order valence-electron chi connectivity index (χ1n) is 10.1. The molecule has 168 valence electrons. The number of hydrogen-bond donors (Lipinski definition) is 2. The van der Waals surface area contributed by atoms with Gasteiger partial charge in [-0.05, 0) is 42.8 Å². The number of carbonyl (C=O) groups is 1. The van der Waals surface area contributed by atoms with E-state index in [2.05, 4.69) is 5.32 Å². The van der Waals surface area contributed by atoms with Crippen LogP contribution in [0.2, 0.25) is 0 Å². The quantitative estimate of drug-likeness (QED) is 0.343. The van der Waals surface area contributed by atoms with Crippen molar-refractivity contribution < 1.29 is 17.9 Å². The molecule has 6 nitrogen and oxygen atoms in total. The van der Waals surface area contributed by atoms with Gasteiger partial charge in [-0.1, -0.05) is 48.5 Å². The number of ketones is 1. The summed E-state index contributed by atoms with van der Waals surface area (Å²) in [5.41, 5.74) is 8.30. The van der Waals surface area contributed by atoms with Crippen LogP contribution >= 0.6 is 11.3 Å². The number of carbonyl (C=O) groups excluding carboxylic acids is 1. The second-order valence-electron chi connectivity index (χ2n) is 7.32. The number of benzene rings is 3. The number of para-hydroxylation sites is 1. The predicted molar refractivity (Wildman–Crippen MR) is 132 cm³/mol. The number of anilines is 3. The van der Waals surface area contributed by atoms with Gasteiger partial charge in [-0.3, -0.25) is 4.79 Å². The Morgan fingerprint density at radius 2 is 1.67 bits per heavy atom. The third-order valence-electron chi connectivity index (χ3n) is 5.15. The van der Waals surface area contributed by atoms with E-state index in [1.54, 1.807) is 42.5 Å². The minimum atomic E-state index is -3.99. The fourth-order valence-corrected chi connectivity index (χ4v) is 6.34. The highest BCUT2D eigenvalue weighted by molar-refractivity contribution is 7.92. The lowest BCUT2D eigenvalue weighted by atomic mass is 10.1. The molecular formula is C25H22N2O4S2. The van der Waals surface area contributed by atoms with Gasteiger partial charge in [0.05, 0.1) is 17.7 Å². The van der Waals surface area contributed by atoms with Crippen LogP contribution in [-0.2, 0) is 9.84 Å². The molecule has 0 unspecified atom stereocenters. The van der Waals surface area contributed by atoms with Gasteiger partial charge in [0.2, 0.25) is 15.6 Å². The highest BCUT2D eigenvalue weighted by Gasteiger charge is 2.31. The molecule has 0 aliphatic heterocycles. The van der Waals surface area contributed by atoms with Crippen molar-refractivity contribution in [1.82, 2.24) is 0 Å². The maximum atomic E-state index is 13.6. The van der Waals surface area contributed by atoms with Gasteiger partial charge in [-0.15, -0.1) is 11.3 Å². The molecule has 3 N–H and O–H groups in total. The van der Waals surface area contributed by atoms with Gasteiger partial charge in [0, 0.05) is 11.3 Å². The summed E-state index contributed by atoms with van der Waals surface area (Å²) >= 11 is 1.02. The molecule has 3 aromatic carbocycles. The lowest BCUT2D eigenvalue weighted by Gasteiger charge is -2.11. The number of aryl methyl sites for hydroxylation is 1. The SMILES string of the molecule is COc1cccc(C(=O)c2sc(Nc3ccccc3C)c(S(=O)(=O)c3ccccc3)c2N)c1. The number of sulfone groups is 1. The first-order valence-corrected chi connectivity index (χ1v) is 12.4. The van der Waals surface area contributed by atoms with Crippen LogP contribution in [0, 0.1) is 6.92 Å². The van der Waals surface area contributed by atoms with Crippen LogP contribution in [0.5, 0.6) is 5.75 Å². The Morgan fingerprint density at radius 1 is 0.970 bits per heavy atom. The molecule has 0 aliphatic rings. The zero-order valence-electron chi connectivity index (χ0n) is 18.0. The van der Waals surface area contributed by atoms with Gasteiger partial charge in [0.1, 0.15) is 20.5 Å². The Morgan fingerprint density at radius 3 is 2.36 bits per heavy atom. The predicted octanol–water partition coefficient (Wildman–Crippen LogP) is 5.45. The summed E-state index contributed by atoms with van der Waals surface area (Å²) in [4.78, 5) is 13.5. The highest BCUT2D eigenvalue weighted by Crippen LogP contribution is 2.44. The molecule has 0 atom stereocenters. The molecule has 0 fully saturated rings. The third-order valence-corrected chi connectivity index (χ3v) is 8.26. The molecule has 1 aromatic heterocycles. The topological polar surface area (TPSA) is 98.5 Å². The molecule has 0 saturated carbocycles. The minimum absolute atomic E-state index is 0.0762. The number of hydrogen-bond acceptors (Lipinski definition) is 7. The molecule has 1 heterocycles. The van der Waals surface area contributed by atoms with Crippen LogP contribution in [0.4, 0.5) is 16.4 Å². The fourth-order valence-electron chi connectivity index (χ4n) is 3.39. The van der Waals surface area contributed by atoms with Crippen LogP contribution < -0.4 is 15.8 Å². The lowest BCUT2D eigenvalue weighted by molar-refractivity contribution is 0.104. The number of nitrogen functional groups attached to an aromatic ring is 1. The molecule has 0 radical (unpaired) electrons. The van der Waals surface area contributed by atoms with Crippen molar-refractivity contribution in [3.63, 3.8) is 0 Å². The Hall–Kier alpha value is -3.62. The lowest BCUT2D eigenvalue weighted by Crippen LogP contribution is -2.08. The van der Waals surface area contributed by atoms with Gasteiger partial charge < -0.3 is 15.8 Å². The van der Waals surface area contributed by atoms with E-state index in [-0.39, 0.29) is 31.1 Å². The van der Waals surface area contributed by atoms with Gasteiger partial charge in [0.25, 0.3) is 0 Å². The fraction of sp³-hybridized carbons (Fsp3) is 0.0800. The number of nitrogens with two attached hydrogens (primary N) is 1. The Balaban J connectivity index is 1.89. The standard InChI is InChI=1S/C25H22N2O4S2/c1-16-9-6-7-14-20(16)27-25-24(33(29,30)19-12-4-3-5-13-19)21(26)23(32-25)22(28)17-10-8-11-18(15-17)31-2/h3-15,27H,26H2,1-2H3. The zero-order chi connectivity index (χ0) is 23.6. The maximum absolute atomic E-state index is 13.6. The van der Waals surface area contributed by atoms with Gasteiger partial charge in [0.15, 0.2) is 0 Å². The molecule has 0 amide bonds. The van der Waals surface area contributed by atoms with Crippen molar-refractivity contribution >= 4 is 43.3 Å². The Kier molecular flexibility index (Phi) is 6.22. The van der Waals surface area contributed by atoms with Crippen molar-refractivity contribution in [1.29, 1.82) is 0 Å². The third kappa shape index (κ3) is 4.35. The summed E-state index contributed by atoms with van der Waals surface area (Å²) in [6.45, 7) is 1.91. The van der Waals surface area contributed by atoms with E-state index < -0.39 is 9.84 Å².